The van der Waals surface area contributed by atoms with Gasteiger partial charge in [-0.15, -0.1) is 0 Å². The quantitative estimate of drug-likeness (QED) is 0.365. The predicted molar refractivity (Wildman–Crippen MR) is 105 cm³/mol. The normalized spacial score (nSPS) is 12.6. The third-order valence-corrected chi connectivity index (χ3v) is 5.59. The summed E-state index contributed by atoms with van der Waals surface area (Å²) in [6.07, 6.45) is 3.56. The predicted octanol–water partition coefficient (Wildman–Crippen LogP) is 5.03. The molecule has 0 N–H and O–H groups in total. The van der Waals surface area contributed by atoms with Crippen LogP contribution < -0.4 is 0 Å². The van der Waals surface area contributed by atoms with Crippen molar-refractivity contribution in [1.82, 2.24) is 18.8 Å². The van der Waals surface area contributed by atoms with Crippen LogP contribution in [0.15, 0.2) is 73.2 Å². The molecule has 0 fully saturated rings. The van der Waals surface area contributed by atoms with E-state index < -0.39 is 0 Å². The molecule has 26 heavy (non-hydrogen) atoms. The Morgan fingerprint density at radius 1 is 0.577 bits per heavy atom. The van der Waals surface area contributed by atoms with E-state index in [0.717, 1.165) is 11.2 Å². The van der Waals surface area contributed by atoms with E-state index in [4.69, 9.17) is 0 Å². The SMILES string of the molecule is c1ccc2c(c1)c1ccc3c4ccccc4n4c5ncncc5n2c1c34. The fraction of sp³-hybridized carbons (Fsp3) is 0. The Labute approximate surface area is 147 Å². The van der Waals surface area contributed by atoms with Gasteiger partial charge in [-0.05, 0) is 12.1 Å². The lowest BCUT2D eigenvalue weighted by Gasteiger charge is -2.09. The molecule has 0 spiro atoms. The standard InChI is InChI=1S/C22H12N4/c1-3-7-17-13(5-1)15-9-10-16-14-6-2-4-8-18(14)26-21(16)20(15)25(17)19-11-23-12-24-22(19)26/h1-12H. The third kappa shape index (κ3) is 1.24. The van der Waals surface area contributed by atoms with Gasteiger partial charge in [0, 0.05) is 21.5 Å². The molecule has 0 unspecified atom stereocenters. The highest BCUT2D eigenvalue weighted by Gasteiger charge is 2.21. The molecule has 0 aliphatic heterocycles. The number of rotatable bonds is 0. The first-order valence-corrected chi connectivity index (χ1v) is 8.69. The van der Waals surface area contributed by atoms with Crippen LogP contribution in [0, 0.1) is 0 Å². The Hall–Kier alpha value is -3.66. The van der Waals surface area contributed by atoms with E-state index in [1.54, 1.807) is 6.33 Å². The smallest absolute Gasteiger partial charge is 0.165 e. The van der Waals surface area contributed by atoms with Crippen LogP contribution in [0.1, 0.15) is 0 Å². The number of fused-ring (bicyclic) bond motifs is 9. The Bertz CT molecular complexity index is 1510. The van der Waals surface area contributed by atoms with Crippen molar-refractivity contribution < 1.29 is 0 Å². The summed E-state index contributed by atoms with van der Waals surface area (Å²) in [5.74, 6) is 0. The van der Waals surface area contributed by atoms with Crippen LogP contribution in [0.3, 0.4) is 0 Å². The molecule has 4 aromatic heterocycles. The first kappa shape index (κ1) is 12.7. The van der Waals surface area contributed by atoms with Gasteiger partial charge in [-0.25, -0.2) is 9.97 Å². The lowest BCUT2D eigenvalue weighted by Crippen LogP contribution is -1.99. The van der Waals surface area contributed by atoms with Crippen molar-refractivity contribution in [2.75, 3.05) is 0 Å². The molecule has 3 aromatic carbocycles. The molecule has 0 atom stereocenters. The van der Waals surface area contributed by atoms with E-state index >= 15 is 0 Å². The second-order valence-electron chi connectivity index (χ2n) is 6.79. The molecule has 0 aliphatic carbocycles. The fourth-order valence-corrected chi connectivity index (χ4v) is 4.62. The minimum atomic E-state index is 0.938. The van der Waals surface area contributed by atoms with Gasteiger partial charge >= 0.3 is 0 Å². The van der Waals surface area contributed by atoms with Crippen LogP contribution in [0.25, 0.3) is 54.8 Å². The number of hydrogen-bond donors (Lipinski definition) is 0. The summed E-state index contributed by atoms with van der Waals surface area (Å²) in [6, 6.07) is 21.6. The largest absolute Gasteiger partial charge is 0.302 e. The Morgan fingerprint density at radius 3 is 1.92 bits per heavy atom. The Kier molecular flexibility index (Phi) is 2.00. The summed E-state index contributed by atoms with van der Waals surface area (Å²) >= 11 is 0. The zero-order valence-corrected chi connectivity index (χ0v) is 13.7. The summed E-state index contributed by atoms with van der Waals surface area (Å²) in [5.41, 5.74) is 6.81. The maximum absolute atomic E-state index is 4.67. The number of benzene rings is 3. The number of aromatic nitrogens is 4. The summed E-state index contributed by atoms with van der Waals surface area (Å²) < 4.78 is 4.62. The third-order valence-electron chi connectivity index (χ3n) is 5.59. The number of para-hydroxylation sites is 2. The maximum atomic E-state index is 4.67. The first-order valence-electron chi connectivity index (χ1n) is 8.69. The van der Waals surface area contributed by atoms with Crippen LogP contribution in [0.5, 0.6) is 0 Å². The van der Waals surface area contributed by atoms with Crippen LogP contribution in [0.4, 0.5) is 0 Å². The van der Waals surface area contributed by atoms with E-state index in [9.17, 15) is 0 Å². The number of hydrogen-bond acceptors (Lipinski definition) is 2. The van der Waals surface area contributed by atoms with Gasteiger partial charge in [0.25, 0.3) is 0 Å². The lowest BCUT2D eigenvalue weighted by molar-refractivity contribution is 1.13. The van der Waals surface area contributed by atoms with E-state index in [2.05, 4.69) is 79.4 Å². The second kappa shape index (κ2) is 4.11. The Balaban J connectivity index is 2.04. The van der Waals surface area contributed by atoms with Crippen molar-refractivity contribution in [2.24, 2.45) is 0 Å². The van der Waals surface area contributed by atoms with Gasteiger partial charge in [-0.2, -0.15) is 0 Å². The lowest BCUT2D eigenvalue weighted by atomic mass is 10.1. The van der Waals surface area contributed by atoms with Crippen molar-refractivity contribution in [2.45, 2.75) is 0 Å². The topological polar surface area (TPSA) is 34.6 Å². The van der Waals surface area contributed by atoms with Crippen LogP contribution >= 0.6 is 0 Å². The molecule has 0 radical (unpaired) electrons. The highest BCUT2D eigenvalue weighted by molar-refractivity contribution is 6.24. The van der Waals surface area contributed by atoms with Crippen molar-refractivity contribution in [3.05, 3.63) is 73.2 Å². The van der Waals surface area contributed by atoms with E-state index in [0.29, 0.717) is 0 Å². The zero-order chi connectivity index (χ0) is 16.8. The molecule has 4 heterocycles. The fourth-order valence-electron chi connectivity index (χ4n) is 4.62. The van der Waals surface area contributed by atoms with Gasteiger partial charge in [0.2, 0.25) is 0 Å². The maximum Gasteiger partial charge on any atom is 0.165 e. The zero-order valence-electron chi connectivity index (χ0n) is 13.7. The van der Waals surface area contributed by atoms with Gasteiger partial charge in [0.05, 0.1) is 28.3 Å². The summed E-state index contributed by atoms with van der Waals surface area (Å²) in [5, 5.41) is 5.05. The molecular formula is C22H12N4. The van der Waals surface area contributed by atoms with Gasteiger partial charge in [0.15, 0.2) is 5.65 Å². The van der Waals surface area contributed by atoms with E-state index in [1.807, 2.05) is 6.20 Å². The molecule has 4 nitrogen and oxygen atoms in total. The van der Waals surface area contributed by atoms with E-state index in [-0.39, 0.29) is 0 Å². The summed E-state index contributed by atoms with van der Waals surface area (Å²) in [4.78, 5) is 9.00. The molecule has 0 saturated carbocycles. The van der Waals surface area contributed by atoms with Gasteiger partial charge in [-0.1, -0.05) is 48.5 Å². The average molecular weight is 332 g/mol. The first-order chi connectivity index (χ1) is 12.9. The molecule has 7 rings (SSSR count). The average Bonchev–Trinajstić information content (AvgIpc) is 3.22. The van der Waals surface area contributed by atoms with E-state index in [1.165, 1.54) is 43.6 Å². The van der Waals surface area contributed by atoms with Crippen LogP contribution in [-0.4, -0.2) is 18.8 Å². The molecule has 0 bridgehead atoms. The van der Waals surface area contributed by atoms with Crippen LogP contribution in [-0.2, 0) is 0 Å². The highest BCUT2D eigenvalue weighted by Crippen LogP contribution is 2.40. The Morgan fingerprint density at radius 2 is 1.19 bits per heavy atom. The van der Waals surface area contributed by atoms with Crippen molar-refractivity contribution >= 4 is 54.8 Å². The highest BCUT2D eigenvalue weighted by atomic mass is 15.1. The minimum Gasteiger partial charge on any atom is -0.302 e. The van der Waals surface area contributed by atoms with Gasteiger partial charge in [-0.3, -0.25) is 4.40 Å². The second-order valence-corrected chi connectivity index (χ2v) is 6.79. The summed E-state index contributed by atoms with van der Waals surface area (Å²) in [6.45, 7) is 0. The molecule has 0 saturated heterocycles. The van der Waals surface area contributed by atoms with Crippen LogP contribution in [0.2, 0.25) is 0 Å². The monoisotopic (exact) mass is 332 g/mol. The summed E-state index contributed by atoms with van der Waals surface area (Å²) in [7, 11) is 0. The molecule has 7 aromatic rings. The molecule has 4 heteroatoms. The molecule has 120 valence electrons. The van der Waals surface area contributed by atoms with Gasteiger partial charge < -0.3 is 4.40 Å². The molecule has 0 amide bonds. The van der Waals surface area contributed by atoms with Crippen molar-refractivity contribution in [1.29, 1.82) is 0 Å². The van der Waals surface area contributed by atoms with Crippen molar-refractivity contribution in [3.8, 4) is 0 Å². The number of nitrogens with zero attached hydrogens (tertiary/aromatic N) is 4. The minimum absolute atomic E-state index is 0.938. The molecule has 0 aliphatic rings. The van der Waals surface area contributed by atoms with Gasteiger partial charge in [0.1, 0.15) is 11.8 Å². The molecular weight excluding hydrogens is 320 g/mol. The van der Waals surface area contributed by atoms with Crippen molar-refractivity contribution in [3.63, 3.8) is 0 Å².